The maximum Gasteiger partial charge on any atom is 0.338 e. The molecule has 4 rings (SSSR count). The molecule has 1 N–H and O–H groups in total. The van der Waals surface area contributed by atoms with Crippen molar-refractivity contribution in [1.29, 1.82) is 0 Å². The predicted molar refractivity (Wildman–Crippen MR) is 110 cm³/mol. The van der Waals surface area contributed by atoms with Crippen LogP contribution >= 0.6 is 15.9 Å². The lowest BCUT2D eigenvalue weighted by molar-refractivity contribution is 0.0603. The molecule has 5 heteroatoms. The number of rotatable bonds is 3. The molecule has 0 bridgehead atoms. The van der Waals surface area contributed by atoms with Gasteiger partial charge in [0.2, 0.25) is 0 Å². The number of hydrogen-bond acceptors (Lipinski definition) is 3. The van der Waals surface area contributed by atoms with Gasteiger partial charge in [-0.25, -0.2) is 4.79 Å². The van der Waals surface area contributed by atoms with Gasteiger partial charge in [0.1, 0.15) is 5.75 Å². The Labute approximate surface area is 165 Å². The molecule has 4 nitrogen and oxygen atoms in total. The molecule has 0 atom stereocenters. The Bertz CT molecular complexity index is 1190. The first-order valence-corrected chi connectivity index (χ1v) is 9.36. The molecule has 3 aromatic carbocycles. The highest BCUT2D eigenvalue weighted by molar-refractivity contribution is 9.10. The van der Waals surface area contributed by atoms with E-state index in [1.165, 1.54) is 7.11 Å². The molecule has 27 heavy (non-hydrogen) atoms. The summed E-state index contributed by atoms with van der Waals surface area (Å²) < 4.78 is 8.10. The van der Waals surface area contributed by atoms with Crippen LogP contribution in [0.25, 0.3) is 21.8 Å². The van der Waals surface area contributed by atoms with Crippen molar-refractivity contribution in [3.63, 3.8) is 0 Å². The highest BCUT2D eigenvalue weighted by Gasteiger charge is 2.20. The number of carbonyl (C=O) groups is 1. The minimum atomic E-state index is -0.415. The average molecular weight is 424 g/mol. The zero-order chi connectivity index (χ0) is 19.1. The Morgan fingerprint density at radius 1 is 1.07 bits per heavy atom. The first-order chi connectivity index (χ1) is 13.0. The monoisotopic (exact) mass is 423 g/mol. The molecule has 0 fully saturated rings. The van der Waals surface area contributed by atoms with Gasteiger partial charge in [0.05, 0.1) is 29.1 Å². The first kappa shape index (κ1) is 17.6. The van der Waals surface area contributed by atoms with E-state index in [-0.39, 0.29) is 5.75 Å². The third-order valence-corrected chi connectivity index (χ3v) is 5.24. The van der Waals surface area contributed by atoms with Gasteiger partial charge >= 0.3 is 5.97 Å². The molecule has 0 aliphatic carbocycles. The second-order valence-electron chi connectivity index (χ2n) is 6.59. The van der Waals surface area contributed by atoms with Crippen molar-refractivity contribution in [3.8, 4) is 5.75 Å². The zero-order valence-electron chi connectivity index (χ0n) is 15.0. The highest BCUT2D eigenvalue weighted by atomic mass is 79.9. The summed E-state index contributed by atoms with van der Waals surface area (Å²) in [5.41, 5.74) is 4.30. The van der Waals surface area contributed by atoms with Crippen LogP contribution in [0.15, 0.2) is 59.1 Å². The van der Waals surface area contributed by atoms with E-state index in [0.717, 1.165) is 26.6 Å². The third-order valence-electron chi connectivity index (χ3n) is 4.75. The summed E-state index contributed by atoms with van der Waals surface area (Å²) in [4.78, 5) is 12.3. The van der Waals surface area contributed by atoms with Gasteiger partial charge in [-0.05, 0) is 54.4 Å². The number of benzene rings is 3. The van der Waals surface area contributed by atoms with Gasteiger partial charge in [-0.2, -0.15) is 0 Å². The Hall–Kier alpha value is -2.79. The van der Waals surface area contributed by atoms with Crippen molar-refractivity contribution < 1.29 is 14.6 Å². The van der Waals surface area contributed by atoms with Crippen LogP contribution in [0.4, 0.5) is 0 Å². The largest absolute Gasteiger partial charge is 0.507 e. The fourth-order valence-electron chi connectivity index (χ4n) is 3.64. The number of phenols is 1. The number of aryl methyl sites for hydroxylation is 1. The van der Waals surface area contributed by atoms with Crippen LogP contribution in [-0.2, 0) is 11.3 Å². The molecule has 0 radical (unpaired) electrons. The molecule has 1 aromatic heterocycles. The van der Waals surface area contributed by atoms with Gasteiger partial charge in [-0.15, -0.1) is 0 Å². The quantitative estimate of drug-likeness (QED) is 0.448. The lowest BCUT2D eigenvalue weighted by Gasteiger charge is -2.09. The average Bonchev–Trinajstić information content (AvgIpc) is 2.95. The van der Waals surface area contributed by atoms with Crippen LogP contribution < -0.4 is 0 Å². The van der Waals surface area contributed by atoms with Crippen molar-refractivity contribution in [1.82, 2.24) is 4.57 Å². The van der Waals surface area contributed by atoms with Gasteiger partial charge in [-0.3, -0.25) is 0 Å². The fourth-order valence-corrected chi connectivity index (χ4v) is 4.09. The standard InChI is InChI=1S/C22H18BrNO3/c1-13-9-18-21(19(25)10-13)20-16(22(26)27-2)7-4-8-17(20)24(18)12-14-5-3-6-15(23)11-14/h3-11,25H,12H2,1-2H3. The summed E-state index contributed by atoms with van der Waals surface area (Å²) in [6.45, 7) is 2.56. The number of phenolic OH excluding ortho intramolecular Hbond substituents is 1. The topological polar surface area (TPSA) is 51.5 Å². The Kier molecular flexibility index (Phi) is 4.40. The Balaban J connectivity index is 2.09. The van der Waals surface area contributed by atoms with Crippen LogP contribution in [0.1, 0.15) is 21.5 Å². The van der Waals surface area contributed by atoms with Crippen LogP contribution in [0.3, 0.4) is 0 Å². The van der Waals surface area contributed by atoms with E-state index >= 15 is 0 Å². The van der Waals surface area contributed by atoms with E-state index in [0.29, 0.717) is 22.9 Å². The second-order valence-corrected chi connectivity index (χ2v) is 7.50. The number of methoxy groups -OCH3 is 1. The number of esters is 1. The minimum absolute atomic E-state index is 0.166. The highest BCUT2D eigenvalue weighted by Crippen LogP contribution is 2.38. The molecule has 1 heterocycles. The molecule has 4 aromatic rings. The molecule has 0 unspecified atom stereocenters. The number of fused-ring (bicyclic) bond motifs is 3. The normalized spacial score (nSPS) is 11.2. The van der Waals surface area contributed by atoms with Crippen molar-refractivity contribution in [2.75, 3.05) is 7.11 Å². The van der Waals surface area contributed by atoms with Gasteiger partial charge < -0.3 is 14.4 Å². The summed E-state index contributed by atoms with van der Waals surface area (Å²) in [6, 6.07) is 17.4. The van der Waals surface area contributed by atoms with Crippen LogP contribution in [-0.4, -0.2) is 22.8 Å². The number of ether oxygens (including phenoxy) is 1. The van der Waals surface area contributed by atoms with E-state index in [9.17, 15) is 9.90 Å². The lowest BCUT2D eigenvalue weighted by Crippen LogP contribution is -2.02. The Morgan fingerprint density at radius 3 is 2.59 bits per heavy atom. The van der Waals surface area contributed by atoms with Crippen LogP contribution in [0.5, 0.6) is 5.75 Å². The zero-order valence-corrected chi connectivity index (χ0v) is 16.6. The molecule has 0 saturated carbocycles. The van der Waals surface area contributed by atoms with E-state index in [2.05, 4.69) is 32.6 Å². The van der Waals surface area contributed by atoms with Crippen LogP contribution in [0.2, 0.25) is 0 Å². The summed E-state index contributed by atoms with van der Waals surface area (Å²) in [5.74, 6) is -0.249. The molecule has 0 saturated heterocycles. The van der Waals surface area contributed by atoms with E-state index in [4.69, 9.17) is 4.74 Å². The molecule has 136 valence electrons. The van der Waals surface area contributed by atoms with E-state index in [1.54, 1.807) is 12.1 Å². The van der Waals surface area contributed by atoms with E-state index in [1.807, 2.05) is 37.3 Å². The SMILES string of the molecule is COC(=O)c1cccc2c1c1c(O)cc(C)cc1n2Cc1cccc(Br)c1. The van der Waals surface area contributed by atoms with Gasteiger partial charge in [0.25, 0.3) is 0 Å². The van der Waals surface area contributed by atoms with Crippen molar-refractivity contribution >= 4 is 43.7 Å². The molecule has 0 aliphatic heterocycles. The number of aromatic hydroxyl groups is 1. The number of nitrogens with zero attached hydrogens (tertiary/aromatic N) is 1. The maximum absolute atomic E-state index is 12.3. The van der Waals surface area contributed by atoms with E-state index < -0.39 is 5.97 Å². The maximum atomic E-state index is 12.3. The first-order valence-electron chi connectivity index (χ1n) is 8.57. The number of halogens is 1. The lowest BCUT2D eigenvalue weighted by atomic mass is 10.0. The van der Waals surface area contributed by atoms with Crippen molar-refractivity contribution in [3.05, 3.63) is 75.8 Å². The molecule has 0 amide bonds. The molecule has 0 aliphatic rings. The third kappa shape index (κ3) is 2.98. The number of aromatic nitrogens is 1. The molecular formula is C22H18BrNO3. The number of carbonyl (C=O) groups excluding carboxylic acids is 1. The fraction of sp³-hybridized carbons (Fsp3) is 0.136. The minimum Gasteiger partial charge on any atom is -0.507 e. The van der Waals surface area contributed by atoms with Gasteiger partial charge in [0, 0.05) is 16.4 Å². The summed E-state index contributed by atoms with van der Waals surface area (Å²) in [6.07, 6.45) is 0. The van der Waals surface area contributed by atoms with Crippen LogP contribution in [0, 0.1) is 6.92 Å². The summed E-state index contributed by atoms with van der Waals surface area (Å²) in [5, 5.41) is 12.1. The van der Waals surface area contributed by atoms with Crippen molar-refractivity contribution in [2.45, 2.75) is 13.5 Å². The smallest absolute Gasteiger partial charge is 0.338 e. The molecule has 0 spiro atoms. The van der Waals surface area contributed by atoms with Gasteiger partial charge in [-0.1, -0.05) is 34.1 Å². The second kappa shape index (κ2) is 6.74. The Morgan fingerprint density at radius 2 is 1.85 bits per heavy atom. The summed E-state index contributed by atoms with van der Waals surface area (Å²) in [7, 11) is 1.37. The van der Waals surface area contributed by atoms with Crippen molar-refractivity contribution in [2.24, 2.45) is 0 Å². The molecular weight excluding hydrogens is 406 g/mol. The van der Waals surface area contributed by atoms with Gasteiger partial charge in [0.15, 0.2) is 0 Å². The predicted octanol–water partition coefficient (Wildman–Crippen LogP) is 5.41. The summed E-state index contributed by atoms with van der Waals surface area (Å²) >= 11 is 3.52. The number of hydrogen-bond donors (Lipinski definition) is 1.